The first-order valence-electron chi connectivity index (χ1n) is 6.22. The maximum absolute atomic E-state index is 11.5. The molecule has 0 amide bonds. The number of aromatic nitrogens is 1. The maximum atomic E-state index is 11.5. The topological polar surface area (TPSA) is 86.5 Å². The zero-order chi connectivity index (χ0) is 14.3. The van der Waals surface area contributed by atoms with Gasteiger partial charge in [0.15, 0.2) is 0 Å². The number of nitrogens with one attached hydrogen (secondary N) is 1. The lowest BCUT2D eigenvalue weighted by Gasteiger charge is -2.19. The fraction of sp³-hybridized carbons (Fsp3) is 0.538. The standard InChI is InChI=1S/C13H21N3O3/c1-4-5-9(8-18-2)16-12-11(14)10(6-7-15-12)13(17)19-3/h6-7,9H,4-5,8,14H2,1-3H3,(H,15,16). The van der Waals surface area contributed by atoms with Gasteiger partial charge in [-0.25, -0.2) is 9.78 Å². The van der Waals surface area contributed by atoms with Gasteiger partial charge in [0.05, 0.1) is 31.0 Å². The quantitative estimate of drug-likeness (QED) is 0.731. The highest BCUT2D eigenvalue weighted by Gasteiger charge is 2.16. The smallest absolute Gasteiger partial charge is 0.340 e. The number of ether oxygens (including phenoxy) is 2. The Labute approximate surface area is 113 Å². The van der Waals surface area contributed by atoms with Crippen molar-refractivity contribution < 1.29 is 14.3 Å². The molecule has 0 fully saturated rings. The van der Waals surface area contributed by atoms with Gasteiger partial charge in [-0.3, -0.25) is 0 Å². The van der Waals surface area contributed by atoms with Crippen molar-refractivity contribution in [3.63, 3.8) is 0 Å². The molecule has 0 saturated carbocycles. The molecule has 1 atom stereocenters. The van der Waals surface area contributed by atoms with Crippen LogP contribution < -0.4 is 11.1 Å². The SMILES string of the molecule is CCCC(COC)Nc1nccc(C(=O)OC)c1N. The molecule has 0 aliphatic rings. The van der Waals surface area contributed by atoms with Crippen molar-refractivity contribution in [1.29, 1.82) is 0 Å². The second-order valence-electron chi connectivity index (χ2n) is 4.20. The summed E-state index contributed by atoms with van der Waals surface area (Å²) in [5.74, 6) is 0.0140. The lowest BCUT2D eigenvalue weighted by Crippen LogP contribution is -2.26. The number of methoxy groups -OCH3 is 2. The molecule has 1 heterocycles. The fourth-order valence-corrected chi connectivity index (χ4v) is 1.82. The number of nitrogens with two attached hydrogens (primary N) is 1. The van der Waals surface area contributed by atoms with Crippen molar-refractivity contribution in [1.82, 2.24) is 4.98 Å². The number of esters is 1. The van der Waals surface area contributed by atoms with Crippen LogP contribution in [-0.2, 0) is 9.47 Å². The summed E-state index contributed by atoms with van der Waals surface area (Å²) in [6.07, 6.45) is 3.47. The van der Waals surface area contributed by atoms with Gasteiger partial charge in [-0.2, -0.15) is 0 Å². The second-order valence-corrected chi connectivity index (χ2v) is 4.20. The molecule has 1 aromatic heterocycles. The Balaban J connectivity index is 2.91. The third-order valence-electron chi connectivity index (χ3n) is 2.74. The molecule has 3 N–H and O–H groups in total. The molecular formula is C13H21N3O3. The molecule has 0 aliphatic carbocycles. The normalized spacial score (nSPS) is 11.9. The summed E-state index contributed by atoms with van der Waals surface area (Å²) in [5.41, 5.74) is 6.54. The minimum Gasteiger partial charge on any atom is -0.465 e. The van der Waals surface area contributed by atoms with Crippen LogP contribution in [0, 0.1) is 0 Å². The van der Waals surface area contributed by atoms with Crippen LogP contribution >= 0.6 is 0 Å². The van der Waals surface area contributed by atoms with E-state index in [1.807, 2.05) is 0 Å². The summed E-state index contributed by atoms with van der Waals surface area (Å²) in [6, 6.07) is 1.65. The molecule has 6 nitrogen and oxygen atoms in total. The zero-order valence-electron chi connectivity index (χ0n) is 11.6. The van der Waals surface area contributed by atoms with Gasteiger partial charge in [-0.15, -0.1) is 0 Å². The van der Waals surface area contributed by atoms with Crippen molar-refractivity contribution in [3.05, 3.63) is 17.8 Å². The summed E-state index contributed by atoms with van der Waals surface area (Å²) >= 11 is 0. The highest BCUT2D eigenvalue weighted by Crippen LogP contribution is 2.22. The first-order chi connectivity index (χ1) is 9.13. The van der Waals surface area contributed by atoms with Gasteiger partial charge >= 0.3 is 5.97 Å². The second kappa shape index (κ2) is 7.58. The van der Waals surface area contributed by atoms with Crippen LogP contribution in [0.1, 0.15) is 30.1 Å². The molecule has 1 rings (SSSR count). The number of nitrogen functional groups attached to an aromatic ring is 1. The van der Waals surface area contributed by atoms with Gasteiger partial charge in [-0.1, -0.05) is 13.3 Å². The summed E-state index contributed by atoms with van der Waals surface area (Å²) < 4.78 is 9.82. The number of hydrogen-bond acceptors (Lipinski definition) is 6. The van der Waals surface area contributed by atoms with E-state index in [0.29, 0.717) is 23.7 Å². The van der Waals surface area contributed by atoms with Crippen LogP contribution in [0.5, 0.6) is 0 Å². The molecule has 0 spiro atoms. The van der Waals surface area contributed by atoms with E-state index in [2.05, 4.69) is 22.0 Å². The van der Waals surface area contributed by atoms with Crippen LogP contribution in [0.2, 0.25) is 0 Å². The Hall–Kier alpha value is -1.82. The number of hydrogen-bond donors (Lipinski definition) is 2. The van der Waals surface area contributed by atoms with E-state index in [4.69, 9.17) is 10.5 Å². The van der Waals surface area contributed by atoms with E-state index in [9.17, 15) is 4.79 Å². The number of carbonyl (C=O) groups is 1. The predicted molar refractivity (Wildman–Crippen MR) is 74.2 cm³/mol. The van der Waals surface area contributed by atoms with E-state index >= 15 is 0 Å². The van der Waals surface area contributed by atoms with Crippen molar-refractivity contribution in [2.24, 2.45) is 0 Å². The maximum Gasteiger partial charge on any atom is 0.340 e. The number of carbonyl (C=O) groups excluding carboxylic acids is 1. The minimum atomic E-state index is -0.471. The molecular weight excluding hydrogens is 246 g/mol. The largest absolute Gasteiger partial charge is 0.465 e. The average molecular weight is 267 g/mol. The highest BCUT2D eigenvalue weighted by molar-refractivity contribution is 5.97. The Morgan fingerprint density at radius 3 is 2.84 bits per heavy atom. The Morgan fingerprint density at radius 1 is 1.53 bits per heavy atom. The van der Waals surface area contributed by atoms with E-state index in [-0.39, 0.29) is 6.04 Å². The van der Waals surface area contributed by atoms with Crippen molar-refractivity contribution in [2.45, 2.75) is 25.8 Å². The first-order valence-corrected chi connectivity index (χ1v) is 6.22. The highest BCUT2D eigenvalue weighted by atomic mass is 16.5. The van der Waals surface area contributed by atoms with Crippen LogP contribution in [-0.4, -0.2) is 37.8 Å². The molecule has 106 valence electrons. The van der Waals surface area contributed by atoms with Crippen molar-refractivity contribution in [3.8, 4) is 0 Å². The molecule has 1 unspecified atom stereocenters. The Bertz CT molecular complexity index is 418. The molecule has 6 heteroatoms. The first kappa shape index (κ1) is 15.2. The molecule has 0 saturated heterocycles. The van der Waals surface area contributed by atoms with Crippen LogP contribution in [0.25, 0.3) is 0 Å². The van der Waals surface area contributed by atoms with Gasteiger partial charge < -0.3 is 20.5 Å². The minimum absolute atomic E-state index is 0.109. The number of nitrogens with zero attached hydrogens (tertiary/aromatic N) is 1. The molecule has 19 heavy (non-hydrogen) atoms. The third kappa shape index (κ3) is 4.10. The molecule has 1 aromatic rings. The summed E-state index contributed by atoms with van der Waals surface area (Å²) in [4.78, 5) is 15.7. The van der Waals surface area contributed by atoms with Crippen LogP contribution in [0.15, 0.2) is 12.3 Å². The van der Waals surface area contributed by atoms with Crippen LogP contribution in [0.4, 0.5) is 11.5 Å². The van der Waals surface area contributed by atoms with Crippen molar-refractivity contribution in [2.75, 3.05) is 31.9 Å². The Morgan fingerprint density at radius 2 is 2.26 bits per heavy atom. The van der Waals surface area contributed by atoms with Crippen LogP contribution in [0.3, 0.4) is 0 Å². The lowest BCUT2D eigenvalue weighted by atomic mass is 10.1. The van der Waals surface area contributed by atoms with Gasteiger partial charge in [-0.05, 0) is 12.5 Å². The summed E-state index contributed by atoms with van der Waals surface area (Å²) in [7, 11) is 2.96. The summed E-state index contributed by atoms with van der Waals surface area (Å²) in [5, 5.41) is 3.20. The monoisotopic (exact) mass is 267 g/mol. The van der Waals surface area contributed by atoms with Gasteiger partial charge in [0, 0.05) is 13.3 Å². The van der Waals surface area contributed by atoms with E-state index in [0.717, 1.165) is 12.8 Å². The van der Waals surface area contributed by atoms with Crippen molar-refractivity contribution >= 4 is 17.5 Å². The van der Waals surface area contributed by atoms with E-state index in [1.165, 1.54) is 19.4 Å². The molecule has 0 radical (unpaired) electrons. The summed E-state index contributed by atoms with van der Waals surface area (Å²) in [6.45, 7) is 2.64. The predicted octanol–water partition coefficient (Wildman–Crippen LogP) is 1.68. The number of pyridine rings is 1. The molecule has 0 aliphatic heterocycles. The third-order valence-corrected chi connectivity index (χ3v) is 2.74. The zero-order valence-corrected chi connectivity index (χ0v) is 11.6. The van der Waals surface area contributed by atoms with Gasteiger partial charge in [0.2, 0.25) is 0 Å². The lowest BCUT2D eigenvalue weighted by molar-refractivity contribution is 0.0602. The van der Waals surface area contributed by atoms with Gasteiger partial charge in [0.1, 0.15) is 5.82 Å². The fourth-order valence-electron chi connectivity index (χ4n) is 1.82. The van der Waals surface area contributed by atoms with Gasteiger partial charge in [0.25, 0.3) is 0 Å². The van der Waals surface area contributed by atoms with E-state index in [1.54, 1.807) is 7.11 Å². The number of anilines is 2. The number of rotatable bonds is 7. The van der Waals surface area contributed by atoms with E-state index < -0.39 is 5.97 Å². The Kier molecular flexibility index (Phi) is 6.08. The molecule has 0 bridgehead atoms. The average Bonchev–Trinajstić information content (AvgIpc) is 2.41. The molecule has 0 aromatic carbocycles.